The Labute approximate surface area is 218 Å². The van der Waals surface area contributed by atoms with Gasteiger partial charge in [-0.1, -0.05) is 36.4 Å². The summed E-state index contributed by atoms with van der Waals surface area (Å²) in [4.78, 5) is 28.4. The van der Waals surface area contributed by atoms with E-state index in [1.165, 1.54) is 6.07 Å². The lowest BCUT2D eigenvalue weighted by molar-refractivity contribution is -0.139. The van der Waals surface area contributed by atoms with Crippen molar-refractivity contribution < 1.29 is 22.8 Å². The van der Waals surface area contributed by atoms with Crippen LogP contribution in [0.15, 0.2) is 42.5 Å². The van der Waals surface area contributed by atoms with Crippen molar-refractivity contribution >= 4 is 22.8 Å². The minimum Gasteiger partial charge on any atom is -0.350 e. The molecule has 202 valence electrons. The molecule has 2 aliphatic rings. The van der Waals surface area contributed by atoms with Gasteiger partial charge in [-0.3, -0.25) is 9.59 Å². The fourth-order valence-electron chi connectivity index (χ4n) is 5.57. The summed E-state index contributed by atoms with van der Waals surface area (Å²) in [5, 5.41) is 14.3. The first-order valence-electron chi connectivity index (χ1n) is 12.8. The van der Waals surface area contributed by atoms with E-state index in [0.717, 1.165) is 35.3 Å². The van der Waals surface area contributed by atoms with Crippen LogP contribution in [-0.2, 0) is 35.8 Å². The van der Waals surface area contributed by atoms with Crippen molar-refractivity contribution in [3.63, 3.8) is 0 Å². The molecule has 0 aliphatic carbocycles. The predicted octanol–water partition coefficient (Wildman–Crippen LogP) is 3.06. The van der Waals surface area contributed by atoms with Crippen LogP contribution >= 0.6 is 0 Å². The maximum atomic E-state index is 13.4. The smallest absolute Gasteiger partial charge is 0.350 e. The second-order valence-corrected chi connectivity index (χ2v) is 10.6. The van der Waals surface area contributed by atoms with Gasteiger partial charge < -0.3 is 15.5 Å². The van der Waals surface area contributed by atoms with Crippen molar-refractivity contribution in [2.45, 2.75) is 51.0 Å². The van der Waals surface area contributed by atoms with E-state index >= 15 is 0 Å². The number of halogens is 3. The van der Waals surface area contributed by atoms with Crippen molar-refractivity contribution in [3.05, 3.63) is 59.2 Å². The molecule has 3 heterocycles. The Hall–Kier alpha value is -3.47. The molecule has 2 N–H and O–H groups in total. The maximum Gasteiger partial charge on any atom is 0.416 e. The molecule has 2 fully saturated rings. The van der Waals surface area contributed by atoms with E-state index in [-0.39, 0.29) is 30.3 Å². The van der Waals surface area contributed by atoms with E-state index in [1.54, 1.807) is 22.7 Å². The van der Waals surface area contributed by atoms with E-state index in [4.69, 9.17) is 0 Å². The number of rotatable bonds is 6. The number of alkyl halides is 3. The molecule has 0 saturated carbocycles. The van der Waals surface area contributed by atoms with Gasteiger partial charge in [-0.05, 0) is 67.0 Å². The third kappa shape index (κ3) is 5.52. The summed E-state index contributed by atoms with van der Waals surface area (Å²) in [7, 11) is 1.80. The second-order valence-electron chi connectivity index (χ2n) is 10.6. The number of carbonyl (C=O) groups excluding carboxylic acids is 2. The van der Waals surface area contributed by atoms with E-state index in [2.05, 4.69) is 27.9 Å². The Bertz CT molecular complexity index is 1340. The number of aryl methyl sites for hydroxylation is 1. The van der Waals surface area contributed by atoms with Crippen LogP contribution in [0.25, 0.3) is 11.0 Å². The molecule has 0 unspecified atom stereocenters. The van der Waals surface area contributed by atoms with Crippen LogP contribution < -0.4 is 10.6 Å². The average Bonchev–Trinajstić information content (AvgIpc) is 3.60. The van der Waals surface area contributed by atoms with Crippen LogP contribution in [-0.4, -0.2) is 56.9 Å². The number of aromatic nitrogens is 3. The Kier molecular flexibility index (Phi) is 7.13. The van der Waals surface area contributed by atoms with E-state index < -0.39 is 17.8 Å². The first kappa shape index (κ1) is 26.1. The highest BCUT2D eigenvalue weighted by Crippen LogP contribution is 2.32. The SMILES string of the molecule is C[C@H]1CN[C@@H](C(=O)N2C[C@H](Cc3cccc(C(F)(F)F)c3)C[C@H]2C(=O)NCc2ccc3c(c2)nnn3C)C1. The van der Waals surface area contributed by atoms with Gasteiger partial charge in [-0.2, -0.15) is 13.2 Å². The Balaban J connectivity index is 1.30. The average molecular weight is 529 g/mol. The molecule has 2 saturated heterocycles. The van der Waals surface area contributed by atoms with E-state index in [0.29, 0.717) is 37.3 Å². The van der Waals surface area contributed by atoms with Gasteiger partial charge >= 0.3 is 6.18 Å². The molecule has 0 bridgehead atoms. The van der Waals surface area contributed by atoms with Crippen molar-refractivity contribution in [2.24, 2.45) is 18.9 Å². The first-order valence-corrected chi connectivity index (χ1v) is 12.8. The van der Waals surface area contributed by atoms with Crippen LogP contribution in [0, 0.1) is 11.8 Å². The molecular weight excluding hydrogens is 497 g/mol. The fourth-order valence-corrected chi connectivity index (χ4v) is 5.57. The number of benzene rings is 2. The van der Waals surface area contributed by atoms with Gasteiger partial charge in [-0.25, -0.2) is 4.68 Å². The number of hydrogen-bond donors (Lipinski definition) is 2. The minimum absolute atomic E-state index is 0.123. The van der Waals surface area contributed by atoms with E-state index in [1.807, 2.05) is 18.2 Å². The molecule has 2 aliphatic heterocycles. The van der Waals surface area contributed by atoms with Crippen LogP contribution in [0.4, 0.5) is 13.2 Å². The van der Waals surface area contributed by atoms with Gasteiger partial charge in [0, 0.05) is 20.1 Å². The topological polar surface area (TPSA) is 92.2 Å². The lowest BCUT2D eigenvalue weighted by Crippen LogP contribution is -2.51. The molecule has 38 heavy (non-hydrogen) atoms. The number of amides is 2. The summed E-state index contributed by atoms with van der Waals surface area (Å²) >= 11 is 0. The van der Waals surface area contributed by atoms with Gasteiger partial charge in [0.05, 0.1) is 17.1 Å². The standard InChI is InChI=1S/C27H31F3N6O2/c1-16-8-22(31-13-16)26(38)36-15-19(9-17-4-3-5-20(10-17)27(28,29)30)12-24(36)25(37)32-14-18-6-7-23-21(11-18)33-34-35(23)2/h3-7,10-11,16,19,22,24,31H,8-9,12-15H2,1-2H3,(H,32,37)/t16-,19-,22-,24+/m1/s1. The summed E-state index contributed by atoms with van der Waals surface area (Å²) in [5.74, 6) is -0.166. The predicted molar refractivity (Wildman–Crippen MR) is 135 cm³/mol. The summed E-state index contributed by atoms with van der Waals surface area (Å²) in [6, 6.07) is 9.88. The van der Waals surface area contributed by atoms with Gasteiger partial charge in [0.1, 0.15) is 11.6 Å². The zero-order chi connectivity index (χ0) is 27.0. The Morgan fingerprint density at radius 1 is 1.13 bits per heavy atom. The molecule has 2 aromatic carbocycles. The summed E-state index contributed by atoms with van der Waals surface area (Å²) in [6.45, 7) is 3.39. The monoisotopic (exact) mass is 528 g/mol. The van der Waals surface area contributed by atoms with Crippen molar-refractivity contribution in [3.8, 4) is 0 Å². The zero-order valence-corrected chi connectivity index (χ0v) is 21.3. The number of nitrogens with zero attached hydrogens (tertiary/aromatic N) is 4. The normalized spacial score (nSPS) is 23.8. The number of carbonyl (C=O) groups is 2. The largest absolute Gasteiger partial charge is 0.416 e. The highest BCUT2D eigenvalue weighted by molar-refractivity contribution is 5.90. The lowest BCUT2D eigenvalue weighted by atomic mass is 9.95. The van der Waals surface area contributed by atoms with Crippen LogP contribution in [0.2, 0.25) is 0 Å². The maximum absolute atomic E-state index is 13.4. The van der Waals surface area contributed by atoms with Crippen molar-refractivity contribution in [1.29, 1.82) is 0 Å². The molecule has 0 radical (unpaired) electrons. The van der Waals surface area contributed by atoms with Gasteiger partial charge in [-0.15, -0.1) is 5.10 Å². The highest BCUT2D eigenvalue weighted by Gasteiger charge is 2.42. The van der Waals surface area contributed by atoms with Crippen molar-refractivity contribution in [2.75, 3.05) is 13.1 Å². The highest BCUT2D eigenvalue weighted by atomic mass is 19.4. The molecule has 1 aromatic heterocycles. The van der Waals surface area contributed by atoms with Gasteiger partial charge in [0.25, 0.3) is 0 Å². The molecule has 8 nitrogen and oxygen atoms in total. The summed E-state index contributed by atoms with van der Waals surface area (Å²) < 4.78 is 41.3. The summed E-state index contributed by atoms with van der Waals surface area (Å²) in [5.41, 5.74) is 2.31. The zero-order valence-electron chi connectivity index (χ0n) is 21.3. The van der Waals surface area contributed by atoms with Crippen LogP contribution in [0.1, 0.15) is 36.5 Å². The molecule has 2 amide bonds. The number of nitrogens with one attached hydrogen (secondary N) is 2. The second kappa shape index (κ2) is 10.4. The Morgan fingerprint density at radius 2 is 1.95 bits per heavy atom. The lowest BCUT2D eigenvalue weighted by Gasteiger charge is -2.27. The third-order valence-corrected chi connectivity index (χ3v) is 7.54. The van der Waals surface area contributed by atoms with Crippen LogP contribution in [0.5, 0.6) is 0 Å². The Morgan fingerprint density at radius 3 is 2.68 bits per heavy atom. The summed E-state index contributed by atoms with van der Waals surface area (Å²) in [6.07, 6.45) is -2.98. The van der Waals surface area contributed by atoms with E-state index in [9.17, 15) is 22.8 Å². The number of likely N-dealkylation sites (tertiary alicyclic amines) is 1. The molecule has 0 spiro atoms. The van der Waals surface area contributed by atoms with Crippen LogP contribution in [0.3, 0.4) is 0 Å². The number of fused-ring (bicyclic) bond motifs is 1. The van der Waals surface area contributed by atoms with Crippen molar-refractivity contribution in [1.82, 2.24) is 30.5 Å². The molecule has 11 heteroatoms. The molecule has 5 rings (SSSR count). The minimum atomic E-state index is -4.42. The quantitative estimate of drug-likeness (QED) is 0.513. The van der Waals surface area contributed by atoms with Gasteiger partial charge in [0.15, 0.2) is 0 Å². The van der Waals surface area contributed by atoms with Gasteiger partial charge in [0.2, 0.25) is 11.8 Å². The number of hydrogen-bond acceptors (Lipinski definition) is 5. The molecule has 4 atom stereocenters. The molecule has 3 aromatic rings. The fraction of sp³-hybridized carbons (Fsp3) is 0.481. The first-order chi connectivity index (χ1) is 18.1. The third-order valence-electron chi connectivity index (χ3n) is 7.54. The molecular formula is C27H31F3N6O2.